The minimum absolute atomic E-state index is 0.0570. The fraction of sp³-hybridized carbons (Fsp3) is 0.231. The van der Waals surface area contributed by atoms with Gasteiger partial charge in [0.1, 0.15) is 30.2 Å². The molecule has 4 aromatic rings. The van der Waals surface area contributed by atoms with Gasteiger partial charge in [-0.3, -0.25) is 4.79 Å². The van der Waals surface area contributed by atoms with Crippen molar-refractivity contribution in [2.75, 3.05) is 6.61 Å². The lowest BCUT2D eigenvalue weighted by Gasteiger charge is -2.42. The first kappa shape index (κ1) is 21.3. The summed E-state index contributed by atoms with van der Waals surface area (Å²) in [6.07, 6.45) is 6.19. The Kier molecular flexibility index (Phi) is 4.65. The summed E-state index contributed by atoms with van der Waals surface area (Å²) < 4.78 is 9.57. The number of aliphatic hydroxyl groups is 1. The zero-order chi connectivity index (χ0) is 24.4. The second kappa shape index (κ2) is 7.64. The van der Waals surface area contributed by atoms with E-state index in [2.05, 4.69) is 0 Å². The van der Waals surface area contributed by atoms with Gasteiger partial charge in [0.15, 0.2) is 0 Å². The molecule has 1 fully saturated rings. The molecule has 2 atom stereocenters. The van der Waals surface area contributed by atoms with E-state index < -0.39 is 17.5 Å². The molecule has 1 amide bonds. The van der Waals surface area contributed by atoms with Gasteiger partial charge in [0.05, 0.1) is 31.0 Å². The van der Waals surface area contributed by atoms with E-state index in [1.54, 1.807) is 18.2 Å². The average Bonchev–Trinajstić information content (AvgIpc) is 3.40. The molecule has 6 rings (SSSR count). The Hall–Kier alpha value is -4.24. The molecule has 2 aromatic heterocycles. The molecule has 176 valence electrons. The van der Waals surface area contributed by atoms with Crippen LogP contribution in [0.15, 0.2) is 70.0 Å². The normalized spacial score (nSPS) is 19.5. The Balaban J connectivity index is 1.47. The number of carboxylic acids is 1. The van der Waals surface area contributed by atoms with Gasteiger partial charge in [0, 0.05) is 10.8 Å². The molecule has 1 unspecified atom stereocenters. The Morgan fingerprint density at radius 2 is 1.94 bits per heavy atom. The van der Waals surface area contributed by atoms with Crippen LogP contribution in [0.3, 0.4) is 0 Å². The number of hydrogen-bond donors (Lipinski definition) is 2. The first-order chi connectivity index (χ1) is 16.9. The lowest BCUT2D eigenvalue weighted by Crippen LogP contribution is -2.59. The second-order valence-electron chi connectivity index (χ2n) is 9.13. The van der Waals surface area contributed by atoms with E-state index >= 15 is 0 Å². The van der Waals surface area contributed by atoms with Crippen molar-refractivity contribution in [3.05, 3.63) is 82.4 Å². The molecule has 1 saturated heterocycles. The molecule has 9 nitrogen and oxygen atoms in total. The van der Waals surface area contributed by atoms with Crippen molar-refractivity contribution in [1.82, 2.24) is 9.47 Å². The molecule has 0 aliphatic carbocycles. The number of amides is 1. The third-order valence-corrected chi connectivity index (χ3v) is 7.01. The minimum Gasteiger partial charge on any atom is -0.477 e. The van der Waals surface area contributed by atoms with Crippen LogP contribution in [0.2, 0.25) is 0 Å². The summed E-state index contributed by atoms with van der Waals surface area (Å²) in [5.74, 6) is -2.15. The van der Waals surface area contributed by atoms with Crippen LogP contribution >= 0.6 is 0 Å². The van der Waals surface area contributed by atoms with Crippen LogP contribution < -0.4 is 10.2 Å². The van der Waals surface area contributed by atoms with Gasteiger partial charge in [-0.05, 0) is 41.3 Å². The summed E-state index contributed by atoms with van der Waals surface area (Å²) in [6, 6.07) is 10.5. The quantitative estimate of drug-likeness (QED) is 0.197. The van der Waals surface area contributed by atoms with Gasteiger partial charge in [0.2, 0.25) is 12.2 Å². The Bertz CT molecular complexity index is 1650. The number of aryl methyl sites for hydroxylation is 1. The smallest absolute Gasteiger partial charge is 0.352 e. The van der Waals surface area contributed by atoms with E-state index in [1.807, 2.05) is 53.1 Å². The summed E-state index contributed by atoms with van der Waals surface area (Å²) in [5.41, 5.74) is 2.04. The highest BCUT2D eigenvalue weighted by molar-refractivity contribution is 6.09. The summed E-state index contributed by atoms with van der Waals surface area (Å²) in [5, 5.41) is 21.2. The van der Waals surface area contributed by atoms with Gasteiger partial charge >= 0.3 is 11.6 Å². The Morgan fingerprint density at radius 1 is 1.14 bits per heavy atom. The van der Waals surface area contributed by atoms with Gasteiger partial charge < -0.3 is 19.5 Å². The standard InChI is InChI=1S/C26H21N3O6/c1-27-6-7-28(13-27)11-14-2-4-16-19-9-15(3-5-17(19)26(34)35-22(16)8-14)18-10-21-20(12-30)24(31)29(21)23(18)25(32)33/h2-9,13,20-21,30H,10-12H2,1H3/p+1/t20-,21?/m1/s1. The van der Waals surface area contributed by atoms with E-state index in [-0.39, 0.29) is 24.3 Å². The number of aliphatic carboxylic acids is 1. The molecule has 2 aliphatic heterocycles. The summed E-state index contributed by atoms with van der Waals surface area (Å²) >= 11 is 0. The van der Waals surface area contributed by atoms with E-state index in [0.29, 0.717) is 40.5 Å². The lowest BCUT2D eigenvalue weighted by atomic mass is 9.86. The molecule has 2 N–H and O–H groups in total. The van der Waals surface area contributed by atoms with Gasteiger partial charge in [-0.25, -0.2) is 18.7 Å². The van der Waals surface area contributed by atoms with Crippen LogP contribution in [0.4, 0.5) is 0 Å². The highest BCUT2D eigenvalue weighted by Gasteiger charge is 2.54. The van der Waals surface area contributed by atoms with Crippen molar-refractivity contribution in [2.45, 2.75) is 19.0 Å². The van der Waals surface area contributed by atoms with Crippen molar-refractivity contribution >= 4 is 39.2 Å². The third-order valence-electron chi connectivity index (χ3n) is 7.01. The summed E-state index contributed by atoms with van der Waals surface area (Å²) in [6.45, 7) is 0.303. The topological polar surface area (TPSA) is 117 Å². The van der Waals surface area contributed by atoms with Crippen LogP contribution in [0.25, 0.3) is 27.3 Å². The van der Waals surface area contributed by atoms with Crippen LogP contribution in [0.1, 0.15) is 17.5 Å². The molecule has 2 aliphatic rings. The van der Waals surface area contributed by atoms with Gasteiger partial charge in [-0.2, -0.15) is 0 Å². The lowest BCUT2D eigenvalue weighted by molar-refractivity contribution is -0.671. The van der Waals surface area contributed by atoms with Gasteiger partial charge in [-0.1, -0.05) is 18.2 Å². The van der Waals surface area contributed by atoms with Crippen molar-refractivity contribution in [3.8, 4) is 0 Å². The number of carbonyl (C=O) groups excluding carboxylic acids is 1. The van der Waals surface area contributed by atoms with Crippen LogP contribution in [0.5, 0.6) is 0 Å². The third kappa shape index (κ3) is 3.19. The maximum absolute atomic E-state index is 12.7. The molecule has 35 heavy (non-hydrogen) atoms. The number of aromatic nitrogens is 2. The highest BCUT2D eigenvalue weighted by Crippen LogP contribution is 2.46. The molecular formula is C26H22N3O6+. The van der Waals surface area contributed by atoms with Crippen LogP contribution in [-0.4, -0.2) is 44.2 Å². The summed E-state index contributed by atoms with van der Waals surface area (Å²) in [7, 11) is 1.94. The minimum atomic E-state index is -1.19. The number of imidazole rings is 1. The monoisotopic (exact) mass is 472 g/mol. The highest BCUT2D eigenvalue weighted by atomic mass is 16.4. The number of fused-ring (bicyclic) bond motifs is 4. The van der Waals surface area contributed by atoms with E-state index in [9.17, 15) is 24.6 Å². The maximum atomic E-state index is 12.7. The number of β-lactam (4-membered cyclic amide) rings is 1. The molecule has 4 heterocycles. The number of carbonyl (C=O) groups is 2. The van der Waals surface area contributed by atoms with Crippen LogP contribution in [-0.2, 0) is 23.2 Å². The van der Waals surface area contributed by atoms with Crippen LogP contribution in [0, 0.1) is 5.92 Å². The number of benzene rings is 2. The molecular weight excluding hydrogens is 450 g/mol. The van der Waals surface area contributed by atoms with Gasteiger partial charge in [-0.15, -0.1) is 0 Å². The largest absolute Gasteiger partial charge is 0.477 e. The van der Waals surface area contributed by atoms with Gasteiger partial charge in [0.25, 0.3) is 0 Å². The number of rotatable bonds is 5. The van der Waals surface area contributed by atoms with E-state index in [4.69, 9.17) is 4.42 Å². The predicted molar refractivity (Wildman–Crippen MR) is 125 cm³/mol. The fourth-order valence-electron chi connectivity index (χ4n) is 5.32. The Morgan fingerprint density at radius 3 is 2.66 bits per heavy atom. The van der Waals surface area contributed by atoms with Crippen molar-refractivity contribution < 1.29 is 28.8 Å². The van der Waals surface area contributed by atoms with Crippen molar-refractivity contribution in [3.63, 3.8) is 0 Å². The number of nitrogens with zero attached hydrogens (tertiary/aromatic N) is 3. The SMILES string of the molecule is C[n+]1ccn(Cc2ccc3c(c2)oc(=O)c2ccc(C4=C(C(=O)O)N5C(=O)[C@H](CO)C5C4)cc23)c1. The Labute approximate surface area is 198 Å². The summed E-state index contributed by atoms with van der Waals surface area (Å²) in [4.78, 5) is 38.4. The van der Waals surface area contributed by atoms with E-state index in [1.165, 1.54) is 4.90 Å². The van der Waals surface area contributed by atoms with Crippen molar-refractivity contribution in [2.24, 2.45) is 13.0 Å². The molecule has 0 bridgehead atoms. The predicted octanol–water partition coefficient (Wildman–Crippen LogP) is 1.64. The number of aliphatic hydroxyl groups excluding tert-OH is 1. The zero-order valence-corrected chi connectivity index (χ0v) is 18.8. The molecule has 9 heteroatoms. The zero-order valence-electron chi connectivity index (χ0n) is 18.8. The number of hydrogen-bond acceptors (Lipinski definition) is 5. The fourth-order valence-corrected chi connectivity index (χ4v) is 5.32. The first-order valence-electron chi connectivity index (χ1n) is 11.3. The molecule has 0 spiro atoms. The first-order valence-corrected chi connectivity index (χ1v) is 11.3. The molecule has 0 saturated carbocycles. The second-order valence-corrected chi connectivity index (χ2v) is 9.13. The number of carboxylic acid groups (broad SMARTS) is 1. The average molecular weight is 472 g/mol. The maximum Gasteiger partial charge on any atom is 0.352 e. The molecule has 2 aromatic carbocycles. The molecule has 0 radical (unpaired) electrons. The van der Waals surface area contributed by atoms with Crippen molar-refractivity contribution in [1.29, 1.82) is 0 Å². The van der Waals surface area contributed by atoms with E-state index in [0.717, 1.165) is 10.9 Å².